The second-order valence-corrected chi connectivity index (χ2v) is 18.2. The van der Waals surface area contributed by atoms with Crippen LogP contribution in [0.3, 0.4) is 0 Å². The number of rotatable bonds is 19. The third-order valence-corrected chi connectivity index (χ3v) is 10.2. The molecule has 0 fully saturated rings. The number of aryl methyl sites for hydroxylation is 2. The van der Waals surface area contributed by atoms with Gasteiger partial charge in [0.15, 0.2) is 0 Å². The number of phenols is 2. The molecular formula is C51H54Cl2O4Zr. The molecular weight excluding hydrogens is 839 g/mol. The third kappa shape index (κ3) is 12.4. The zero-order chi connectivity index (χ0) is 41.1. The van der Waals surface area contributed by atoms with Gasteiger partial charge in [-0.05, 0) is 78.6 Å². The van der Waals surface area contributed by atoms with Crippen molar-refractivity contribution in [1.29, 1.82) is 0 Å². The summed E-state index contributed by atoms with van der Waals surface area (Å²) in [6.07, 6.45) is 10.2. The molecule has 0 saturated heterocycles. The van der Waals surface area contributed by atoms with Gasteiger partial charge in [-0.15, -0.1) is 6.58 Å². The van der Waals surface area contributed by atoms with Crippen molar-refractivity contribution in [2.24, 2.45) is 5.92 Å². The van der Waals surface area contributed by atoms with Crippen LogP contribution in [0.2, 0.25) is 0 Å². The van der Waals surface area contributed by atoms with Gasteiger partial charge < -0.3 is 19.7 Å². The number of para-hydroxylation sites is 2. The molecule has 6 aromatic rings. The molecule has 0 saturated carbocycles. The van der Waals surface area contributed by atoms with Crippen LogP contribution in [0.1, 0.15) is 63.5 Å². The number of hydrogen-bond acceptors (Lipinski definition) is 4. The van der Waals surface area contributed by atoms with Gasteiger partial charge in [0.05, 0.1) is 13.2 Å². The Kier molecular flexibility index (Phi) is 18.5. The van der Waals surface area contributed by atoms with Crippen LogP contribution >= 0.6 is 17.0 Å². The van der Waals surface area contributed by atoms with Gasteiger partial charge in [-0.2, -0.15) is 0 Å². The Morgan fingerprint density at radius 1 is 0.552 bits per heavy atom. The van der Waals surface area contributed by atoms with Gasteiger partial charge in [0.2, 0.25) is 0 Å². The van der Waals surface area contributed by atoms with Gasteiger partial charge in [0, 0.05) is 39.3 Å². The van der Waals surface area contributed by atoms with E-state index in [0.717, 1.165) is 94.5 Å². The molecule has 1 unspecified atom stereocenters. The number of hydrogen-bond donors (Lipinski definition) is 2. The van der Waals surface area contributed by atoms with E-state index >= 15 is 0 Å². The molecule has 2 N–H and O–H groups in total. The third-order valence-electron chi connectivity index (χ3n) is 10.2. The predicted molar refractivity (Wildman–Crippen MR) is 241 cm³/mol. The molecule has 300 valence electrons. The number of phenolic OH excluding ortho intramolecular Hbond substituents is 2. The van der Waals surface area contributed by atoms with Crippen molar-refractivity contribution < 1.29 is 40.5 Å². The van der Waals surface area contributed by atoms with E-state index in [4.69, 9.17) is 26.5 Å². The monoisotopic (exact) mass is 890 g/mol. The van der Waals surface area contributed by atoms with Gasteiger partial charge in [-0.3, -0.25) is 0 Å². The van der Waals surface area contributed by atoms with E-state index < -0.39 is 20.8 Å². The Hall–Kier alpha value is -4.28. The summed E-state index contributed by atoms with van der Waals surface area (Å²) in [6, 6.07) is 44.5. The maximum atomic E-state index is 11.7. The summed E-state index contributed by atoms with van der Waals surface area (Å²) in [6.45, 7) is 9.26. The number of ether oxygens (including phenoxy) is 2. The first kappa shape index (κ1) is 44.8. The molecule has 1 atom stereocenters. The molecule has 4 nitrogen and oxygen atoms in total. The van der Waals surface area contributed by atoms with Gasteiger partial charge in [0.1, 0.15) is 23.0 Å². The summed E-state index contributed by atoms with van der Waals surface area (Å²) in [4.78, 5) is 0. The average Bonchev–Trinajstić information content (AvgIpc) is 3.25. The van der Waals surface area contributed by atoms with E-state index in [9.17, 15) is 10.2 Å². The molecule has 6 rings (SSSR count). The Balaban J connectivity index is 0.00000207. The Morgan fingerprint density at radius 2 is 0.983 bits per heavy atom. The van der Waals surface area contributed by atoms with Crippen molar-refractivity contribution in [1.82, 2.24) is 0 Å². The summed E-state index contributed by atoms with van der Waals surface area (Å²) < 4.78 is 13.3. The maximum absolute atomic E-state index is 11.7. The molecule has 0 amide bonds. The molecule has 0 radical (unpaired) electrons. The van der Waals surface area contributed by atoms with Crippen molar-refractivity contribution >= 4 is 17.0 Å². The van der Waals surface area contributed by atoms with Crippen molar-refractivity contribution in [3.8, 4) is 67.5 Å². The zero-order valence-corrected chi connectivity index (χ0v) is 37.6. The van der Waals surface area contributed by atoms with Crippen LogP contribution in [0, 0.1) is 5.92 Å². The second-order valence-electron chi connectivity index (χ2n) is 14.4. The van der Waals surface area contributed by atoms with E-state index in [0.29, 0.717) is 19.6 Å². The molecule has 0 heterocycles. The van der Waals surface area contributed by atoms with Crippen LogP contribution in [0.25, 0.3) is 44.5 Å². The van der Waals surface area contributed by atoms with Crippen LogP contribution < -0.4 is 9.47 Å². The van der Waals surface area contributed by atoms with Crippen LogP contribution in [-0.2, 0) is 33.7 Å². The predicted octanol–water partition coefficient (Wildman–Crippen LogP) is 14.9. The number of allylic oxidation sites excluding steroid dienone is 1. The second kappa shape index (κ2) is 24.0. The van der Waals surface area contributed by atoms with Gasteiger partial charge in [-0.25, -0.2) is 0 Å². The fourth-order valence-corrected chi connectivity index (χ4v) is 7.16. The van der Waals surface area contributed by atoms with Crippen LogP contribution in [0.15, 0.2) is 146 Å². The van der Waals surface area contributed by atoms with Gasteiger partial charge >= 0.3 is 37.9 Å². The first-order valence-electron chi connectivity index (χ1n) is 20.3. The molecule has 0 aromatic heterocycles. The average molecular weight is 893 g/mol. The van der Waals surface area contributed by atoms with Crippen molar-refractivity contribution in [2.75, 3.05) is 13.2 Å². The summed E-state index contributed by atoms with van der Waals surface area (Å²) in [5.41, 5.74) is 9.17. The summed E-state index contributed by atoms with van der Waals surface area (Å²) >= 11 is -0.826. The molecule has 0 aliphatic carbocycles. The van der Waals surface area contributed by atoms with Gasteiger partial charge in [-0.1, -0.05) is 148 Å². The van der Waals surface area contributed by atoms with E-state index in [2.05, 4.69) is 44.7 Å². The molecule has 6 aromatic carbocycles. The van der Waals surface area contributed by atoms with Crippen LogP contribution in [0.5, 0.6) is 23.0 Å². The Bertz CT molecular complexity index is 2170. The van der Waals surface area contributed by atoms with E-state index in [1.807, 2.05) is 115 Å². The standard InChI is InChI=1S/C51H54O4.2ClH.Zr/c1-4-7-11-20-38-30-32-49(47(34-38)45-28-17-26-43(51(45)53)41-23-14-10-15-24-41)55-36-39(18-6-3)35-54-48-31-29-37(19-8-5-2)33-46(48)44-27-16-25-42(50(44)52)40-21-12-9-13-22-40;;;/h6,9-10,12-17,21-34,39,52-53H,3-5,7-8,11,18-20,35-36H2,1-2H3;2*1H;/q;;;+2/p-2. The van der Waals surface area contributed by atoms with Crippen molar-refractivity contribution in [3.05, 3.63) is 157 Å². The molecule has 0 aliphatic heterocycles. The van der Waals surface area contributed by atoms with Gasteiger partial charge in [0.25, 0.3) is 0 Å². The summed E-state index contributed by atoms with van der Waals surface area (Å²) in [5.74, 6) is 1.91. The molecule has 7 heteroatoms. The van der Waals surface area contributed by atoms with Crippen LogP contribution in [-0.4, -0.2) is 23.4 Å². The Morgan fingerprint density at radius 3 is 1.41 bits per heavy atom. The minimum atomic E-state index is -0.826. The number of halogens is 2. The molecule has 58 heavy (non-hydrogen) atoms. The first-order chi connectivity index (χ1) is 28.4. The number of unbranched alkanes of at least 4 members (excludes halogenated alkanes) is 3. The van der Waals surface area contributed by atoms with Crippen molar-refractivity contribution in [3.63, 3.8) is 0 Å². The summed E-state index contributed by atoms with van der Waals surface area (Å²) in [5, 5.41) is 23.3. The van der Waals surface area contributed by atoms with E-state index in [-0.39, 0.29) is 17.4 Å². The fourth-order valence-electron chi connectivity index (χ4n) is 7.16. The first-order valence-corrected chi connectivity index (χ1v) is 26.6. The quantitative estimate of drug-likeness (QED) is 0.0628. The molecule has 0 spiro atoms. The van der Waals surface area contributed by atoms with Crippen LogP contribution in [0.4, 0.5) is 0 Å². The fraction of sp³-hybridized carbons (Fsp3) is 0.255. The summed E-state index contributed by atoms with van der Waals surface area (Å²) in [7, 11) is 9.87. The molecule has 0 aliphatic rings. The normalized spacial score (nSPS) is 11.2. The van der Waals surface area contributed by atoms with E-state index in [1.54, 1.807) is 0 Å². The van der Waals surface area contributed by atoms with E-state index in [1.165, 1.54) is 17.5 Å². The topological polar surface area (TPSA) is 58.9 Å². The molecule has 0 bridgehead atoms. The van der Waals surface area contributed by atoms with Crippen molar-refractivity contribution in [2.45, 2.75) is 65.2 Å². The number of aromatic hydroxyl groups is 2. The Labute approximate surface area is 364 Å². The number of benzene rings is 6. The minimum absolute atomic E-state index is 0.00398. The zero-order valence-electron chi connectivity index (χ0n) is 33.6. The SMILES string of the molecule is C=CCC(COc1ccc(CCCC)cc1-c1cccc(-c2ccccc2)c1O)COc1ccc(CCCCC)cc1-c1cccc(-c2ccccc2)c1O.[Cl][Zr][Cl].